The Hall–Kier alpha value is -1.32. The molecule has 1 aromatic heterocycles. The van der Waals surface area contributed by atoms with Crippen LogP contribution in [0.25, 0.3) is 0 Å². The number of hydrogen-bond acceptors (Lipinski definition) is 4. The summed E-state index contributed by atoms with van der Waals surface area (Å²) >= 11 is 0. The summed E-state index contributed by atoms with van der Waals surface area (Å²) in [5.74, 6) is 1.73. The largest absolute Gasteiger partial charge is 0.474 e. The zero-order valence-corrected chi connectivity index (χ0v) is 12.1. The van der Waals surface area contributed by atoms with Gasteiger partial charge in [-0.1, -0.05) is 19.8 Å². The molecule has 2 rings (SSSR count). The Morgan fingerprint density at radius 1 is 1.21 bits per heavy atom. The minimum absolute atomic E-state index is 0.341. The molecule has 1 heterocycles. The Morgan fingerprint density at radius 3 is 2.68 bits per heavy atom. The van der Waals surface area contributed by atoms with Crippen LogP contribution in [0.2, 0.25) is 0 Å². The van der Waals surface area contributed by atoms with Crippen molar-refractivity contribution in [3.05, 3.63) is 11.9 Å². The summed E-state index contributed by atoms with van der Waals surface area (Å²) in [6.45, 7) is 5.13. The van der Waals surface area contributed by atoms with Crippen molar-refractivity contribution in [2.75, 3.05) is 11.9 Å². The molecule has 0 atom stereocenters. The van der Waals surface area contributed by atoms with Crippen LogP contribution in [-0.4, -0.2) is 22.6 Å². The number of nitrogens with one attached hydrogen (secondary N) is 1. The lowest BCUT2D eigenvalue weighted by atomic mass is 9.98. The summed E-state index contributed by atoms with van der Waals surface area (Å²) in [5, 5.41) is 3.31. The van der Waals surface area contributed by atoms with Gasteiger partial charge in [0, 0.05) is 6.54 Å². The van der Waals surface area contributed by atoms with Crippen LogP contribution in [0, 0.1) is 0 Å². The van der Waals surface area contributed by atoms with Crippen LogP contribution in [-0.2, 0) is 6.42 Å². The van der Waals surface area contributed by atoms with Crippen LogP contribution in [0.1, 0.15) is 57.9 Å². The molecule has 1 N–H and O–H groups in total. The van der Waals surface area contributed by atoms with Crippen LogP contribution in [0.4, 0.5) is 5.82 Å². The highest BCUT2D eigenvalue weighted by molar-refractivity contribution is 5.48. The van der Waals surface area contributed by atoms with Crippen LogP contribution in [0.3, 0.4) is 0 Å². The zero-order chi connectivity index (χ0) is 13.5. The molecule has 1 aliphatic carbocycles. The molecule has 0 amide bonds. The molecule has 0 spiro atoms. The lowest BCUT2D eigenvalue weighted by molar-refractivity contribution is 0.147. The second-order valence-electron chi connectivity index (χ2n) is 5.16. The van der Waals surface area contributed by atoms with E-state index in [1.54, 1.807) is 6.33 Å². The Kier molecular flexibility index (Phi) is 5.43. The van der Waals surface area contributed by atoms with Crippen molar-refractivity contribution in [2.45, 2.75) is 64.9 Å². The van der Waals surface area contributed by atoms with Gasteiger partial charge in [-0.25, -0.2) is 9.97 Å². The van der Waals surface area contributed by atoms with Gasteiger partial charge in [-0.3, -0.25) is 0 Å². The van der Waals surface area contributed by atoms with E-state index in [1.807, 2.05) is 0 Å². The third-order valence-electron chi connectivity index (χ3n) is 3.58. The lowest BCUT2D eigenvalue weighted by Crippen LogP contribution is -2.21. The van der Waals surface area contributed by atoms with E-state index in [-0.39, 0.29) is 0 Å². The first-order valence-corrected chi connectivity index (χ1v) is 7.59. The average Bonchev–Trinajstić information content (AvgIpc) is 2.44. The Bertz CT molecular complexity index is 389. The van der Waals surface area contributed by atoms with Crippen molar-refractivity contribution in [2.24, 2.45) is 0 Å². The van der Waals surface area contributed by atoms with Gasteiger partial charge in [-0.05, 0) is 39.0 Å². The normalized spacial score (nSPS) is 16.3. The van der Waals surface area contributed by atoms with Crippen LogP contribution in [0.5, 0.6) is 5.88 Å². The summed E-state index contributed by atoms with van der Waals surface area (Å²) in [7, 11) is 0. The molecule has 19 heavy (non-hydrogen) atoms. The Morgan fingerprint density at radius 2 is 2.00 bits per heavy atom. The maximum absolute atomic E-state index is 6.13. The molecule has 1 aliphatic rings. The molecule has 1 fully saturated rings. The van der Waals surface area contributed by atoms with Crippen molar-refractivity contribution >= 4 is 5.82 Å². The highest BCUT2D eigenvalue weighted by Gasteiger charge is 2.19. The fraction of sp³-hybridized carbons (Fsp3) is 0.733. The molecule has 0 radical (unpaired) electrons. The maximum atomic E-state index is 6.13. The van der Waals surface area contributed by atoms with Gasteiger partial charge < -0.3 is 10.1 Å². The lowest BCUT2D eigenvalue weighted by Gasteiger charge is -2.24. The third-order valence-corrected chi connectivity index (χ3v) is 3.58. The number of aromatic nitrogens is 2. The molecule has 0 aliphatic heterocycles. The highest BCUT2D eigenvalue weighted by atomic mass is 16.5. The molecular formula is C15H25N3O. The smallest absolute Gasteiger partial charge is 0.222 e. The summed E-state index contributed by atoms with van der Waals surface area (Å²) in [5.41, 5.74) is 1.14. The first-order valence-electron chi connectivity index (χ1n) is 7.59. The fourth-order valence-corrected chi connectivity index (χ4v) is 2.63. The van der Waals surface area contributed by atoms with Gasteiger partial charge in [0.25, 0.3) is 0 Å². The molecule has 106 valence electrons. The average molecular weight is 263 g/mol. The Balaban J connectivity index is 2.14. The van der Waals surface area contributed by atoms with Gasteiger partial charge in [-0.15, -0.1) is 0 Å². The SMILES string of the molecule is CCCc1c(NCC)ncnc1OC1CCCCC1. The summed E-state index contributed by atoms with van der Waals surface area (Å²) in [6, 6.07) is 0. The minimum atomic E-state index is 0.341. The first-order chi connectivity index (χ1) is 9.35. The van der Waals surface area contributed by atoms with Gasteiger partial charge in [0.2, 0.25) is 5.88 Å². The molecular weight excluding hydrogens is 238 g/mol. The van der Waals surface area contributed by atoms with Gasteiger partial charge in [0.1, 0.15) is 18.2 Å². The molecule has 1 aromatic rings. The van der Waals surface area contributed by atoms with E-state index in [2.05, 4.69) is 29.1 Å². The second-order valence-corrected chi connectivity index (χ2v) is 5.16. The number of anilines is 1. The van der Waals surface area contributed by atoms with E-state index in [0.717, 1.165) is 49.5 Å². The number of nitrogens with zero attached hydrogens (tertiary/aromatic N) is 2. The van der Waals surface area contributed by atoms with Crippen molar-refractivity contribution in [3.63, 3.8) is 0 Å². The first kappa shape index (κ1) is 14.1. The van der Waals surface area contributed by atoms with Gasteiger partial charge in [0.05, 0.1) is 5.56 Å². The molecule has 0 aromatic carbocycles. The molecule has 0 bridgehead atoms. The Labute approximate surface area is 116 Å². The zero-order valence-electron chi connectivity index (χ0n) is 12.1. The van der Waals surface area contributed by atoms with E-state index in [4.69, 9.17) is 4.74 Å². The topological polar surface area (TPSA) is 47.0 Å². The summed E-state index contributed by atoms with van der Waals surface area (Å²) in [4.78, 5) is 8.70. The van der Waals surface area contributed by atoms with Gasteiger partial charge >= 0.3 is 0 Å². The predicted molar refractivity (Wildman–Crippen MR) is 77.7 cm³/mol. The van der Waals surface area contributed by atoms with E-state index < -0.39 is 0 Å². The number of rotatable bonds is 6. The van der Waals surface area contributed by atoms with Crippen LogP contribution < -0.4 is 10.1 Å². The number of hydrogen-bond donors (Lipinski definition) is 1. The van der Waals surface area contributed by atoms with E-state index in [9.17, 15) is 0 Å². The van der Waals surface area contributed by atoms with Crippen molar-refractivity contribution < 1.29 is 4.74 Å². The van der Waals surface area contributed by atoms with E-state index >= 15 is 0 Å². The van der Waals surface area contributed by atoms with Gasteiger partial charge in [-0.2, -0.15) is 0 Å². The fourth-order valence-electron chi connectivity index (χ4n) is 2.63. The maximum Gasteiger partial charge on any atom is 0.222 e. The third kappa shape index (κ3) is 3.82. The van der Waals surface area contributed by atoms with Crippen molar-refractivity contribution in [3.8, 4) is 5.88 Å². The van der Waals surface area contributed by atoms with Crippen LogP contribution >= 0.6 is 0 Å². The monoisotopic (exact) mass is 263 g/mol. The summed E-state index contributed by atoms with van der Waals surface area (Å²) < 4.78 is 6.13. The molecule has 0 saturated heterocycles. The molecule has 4 heteroatoms. The molecule has 1 saturated carbocycles. The quantitative estimate of drug-likeness (QED) is 0.852. The minimum Gasteiger partial charge on any atom is -0.474 e. The van der Waals surface area contributed by atoms with Crippen molar-refractivity contribution in [1.29, 1.82) is 0 Å². The molecule has 4 nitrogen and oxygen atoms in total. The predicted octanol–water partition coefficient (Wildman–Crippen LogP) is 3.57. The van der Waals surface area contributed by atoms with Crippen LogP contribution in [0.15, 0.2) is 6.33 Å². The highest BCUT2D eigenvalue weighted by Crippen LogP contribution is 2.28. The number of ether oxygens (including phenoxy) is 1. The van der Waals surface area contributed by atoms with E-state index in [1.165, 1.54) is 19.3 Å². The standard InChI is InChI=1S/C15H25N3O/c1-3-8-13-14(16-4-2)17-11-18-15(13)19-12-9-6-5-7-10-12/h11-12H,3-10H2,1-2H3,(H,16,17,18). The van der Waals surface area contributed by atoms with Crippen molar-refractivity contribution in [1.82, 2.24) is 9.97 Å². The van der Waals surface area contributed by atoms with E-state index in [0.29, 0.717) is 6.10 Å². The second kappa shape index (κ2) is 7.31. The van der Waals surface area contributed by atoms with Gasteiger partial charge in [0.15, 0.2) is 0 Å². The summed E-state index contributed by atoms with van der Waals surface area (Å²) in [6.07, 6.45) is 10.2. The molecule has 0 unspecified atom stereocenters.